The Hall–Kier alpha value is -4.71. The van der Waals surface area contributed by atoms with E-state index in [9.17, 15) is 24.6 Å². The highest BCUT2D eigenvalue weighted by molar-refractivity contribution is 5.81. The van der Waals surface area contributed by atoms with Crippen LogP contribution in [0.1, 0.15) is 30.7 Å². The summed E-state index contributed by atoms with van der Waals surface area (Å²) in [6.45, 7) is 1.32. The Balaban J connectivity index is 1.15. The molecule has 43 heavy (non-hydrogen) atoms. The van der Waals surface area contributed by atoms with Crippen LogP contribution in [0.3, 0.4) is 0 Å². The molecule has 1 aromatic carbocycles. The number of methoxy groups -OCH3 is 1. The maximum absolute atomic E-state index is 13.7. The van der Waals surface area contributed by atoms with Crippen molar-refractivity contribution in [3.05, 3.63) is 83.0 Å². The van der Waals surface area contributed by atoms with Gasteiger partial charge in [-0.25, -0.2) is 9.78 Å². The third-order valence-electron chi connectivity index (χ3n) is 8.73. The Morgan fingerprint density at radius 2 is 1.79 bits per heavy atom. The number of pyridine rings is 1. The number of aliphatic hydroxyl groups is 1. The smallest absolute Gasteiger partial charge is 0.407 e. The predicted molar refractivity (Wildman–Crippen MR) is 157 cm³/mol. The number of likely N-dealkylation sites (tertiary alicyclic amines) is 2. The van der Waals surface area contributed by atoms with Crippen LogP contribution in [0.2, 0.25) is 0 Å². The molecule has 0 unspecified atom stereocenters. The van der Waals surface area contributed by atoms with Crippen molar-refractivity contribution >= 4 is 23.0 Å². The van der Waals surface area contributed by atoms with E-state index in [0.29, 0.717) is 61.6 Å². The average molecular weight is 587 g/mol. The van der Waals surface area contributed by atoms with E-state index in [0.717, 1.165) is 5.56 Å². The summed E-state index contributed by atoms with van der Waals surface area (Å²) < 4.78 is 8.35. The van der Waals surface area contributed by atoms with Crippen molar-refractivity contribution < 1.29 is 24.5 Å². The molecule has 5 heterocycles. The lowest BCUT2D eigenvalue weighted by Crippen LogP contribution is -2.53. The molecule has 2 atom stereocenters. The normalized spacial score (nSPS) is 20.2. The van der Waals surface area contributed by atoms with Gasteiger partial charge in [0.1, 0.15) is 12.1 Å². The number of carbonyl (C=O) groups is 2. The number of amides is 2. The molecule has 2 aliphatic rings. The Labute approximate surface area is 247 Å². The minimum absolute atomic E-state index is 0.0197. The molecule has 12 nitrogen and oxygen atoms in total. The molecule has 2 saturated heterocycles. The molecule has 224 valence electrons. The zero-order valence-corrected chi connectivity index (χ0v) is 23.9. The fourth-order valence-electron chi connectivity index (χ4n) is 6.32. The maximum Gasteiger partial charge on any atom is 0.407 e. The van der Waals surface area contributed by atoms with E-state index in [4.69, 9.17) is 4.74 Å². The summed E-state index contributed by atoms with van der Waals surface area (Å²) in [5.41, 5.74) is -0.0531. The molecule has 4 aromatic rings. The van der Waals surface area contributed by atoms with Gasteiger partial charge in [-0.3, -0.25) is 18.7 Å². The molecule has 0 saturated carbocycles. The first kappa shape index (κ1) is 28.4. The molecule has 2 N–H and O–H groups in total. The van der Waals surface area contributed by atoms with Crippen molar-refractivity contribution in [3.63, 3.8) is 0 Å². The molecule has 2 amide bonds. The largest absolute Gasteiger partial charge is 0.481 e. The quantitative estimate of drug-likeness (QED) is 0.351. The molecule has 6 rings (SSSR count). The molecular weight excluding hydrogens is 552 g/mol. The molecule has 0 radical (unpaired) electrons. The van der Waals surface area contributed by atoms with Crippen LogP contribution >= 0.6 is 0 Å². The highest BCUT2D eigenvalue weighted by Gasteiger charge is 2.41. The van der Waals surface area contributed by atoms with Gasteiger partial charge < -0.3 is 24.7 Å². The van der Waals surface area contributed by atoms with E-state index < -0.39 is 11.7 Å². The first-order valence-corrected chi connectivity index (χ1v) is 14.4. The predicted octanol–water partition coefficient (Wildman–Crippen LogP) is 2.73. The zero-order valence-electron chi connectivity index (χ0n) is 23.9. The van der Waals surface area contributed by atoms with Crippen molar-refractivity contribution in [3.8, 4) is 11.7 Å². The first-order chi connectivity index (χ1) is 20.8. The van der Waals surface area contributed by atoms with Crippen molar-refractivity contribution in [1.82, 2.24) is 28.9 Å². The zero-order chi connectivity index (χ0) is 30.1. The van der Waals surface area contributed by atoms with E-state index in [1.54, 1.807) is 33.9 Å². The molecule has 2 fully saturated rings. The standard InChI is InChI=1S/C31H34N6O6/c1-43-26-9-5-8-25(33-26)37-15-11-23-27(37)32-20-36(29(23)39)19-31(42)12-16-34(17-13-31)28(38)22-10-14-35(30(40)41)18-24(22)21-6-3-2-4-7-21/h2-9,11,15,20,22,24,42H,10,12-14,16-19H2,1H3,(H,40,41)/t22-,24+/m1/s1. The second kappa shape index (κ2) is 11.5. The number of nitrogens with zero attached hydrogens (tertiary/aromatic N) is 6. The van der Waals surface area contributed by atoms with E-state index in [1.165, 1.54) is 22.9 Å². The lowest BCUT2D eigenvalue weighted by Gasteiger charge is -2.42. The van der Waals surface area contributed by atoms with Gasteiger partial charge in [0.15, 0.2) is 5.65 Å². The summed E-state index contributed by atoms with van der Waals surface area (Å²) in [5, 5.41) is 21.4. The molecule has 0 spiro atoms. The van der Waals surface area contributed by atoms with Gasteiger partial charge in [-0.15, -0.1) is 0 Å². The maximum atomic E-state index is 13.7. The lowest BCUT2D eigenvalue weighted by molar-refractivity contribution is -0.142. The van der Waals surface area contributed by atoms with E-state index in [2.05, 4.69) is 9.97 Å². The Morgan fingerprint density at radius 3 is 2.51 bits per heavy atom. The highest BCUT2D eigenvalue weighted by Crippen LogP contribution is 2.35. The number of rotatable bonds is 6. The van der Waals surface area contributed by atoms with Gasteiger partial charge in [0.05, 0.1) is 24.6 Å². The van der Waals surface area contributed by atoms with Crippen LogP contribution in [0, 0.1) is 5.92 Å². The van der Waals surface area contributed by atoms with Gasteiger partial charge in [-0.05, 0) is 37.0 Å². The molecule has 12 heteroatoms. The van der Waals surface area contributed by atoms with Crippen LogP contribution in [0.15, 0.2) is 71.9 Å². The van der Waals surface area contributed by atoms with Crippen LogP contribution in [0.5, 0.6) is 5.88 Å². The molecule has 3 aromatic heterocycles. The van der Waals surface area contributed by atoms with Gasteiger partial charge in [-0.2, -0.15) is 4.98 Å². The van der Waals surface area contributed by atoms with Crippen LogP contribution in [0.4, 0.5) is 4.79 Å². The number of aromatic nitrogens is 4. The first-order valence-electron chi connectivity index (χ1n) is 14.4. The van der Waals surface area contributed by atoms with E-state index in [1.807, 2.05) is 36.4 Å². The van der Waals surface area contributed by atoms with Gasteiger partial charge in [0, 0.05) is 50.3 Å². The number of hydrogen-bond donors (Lipinski definition) is 2. The Kier molecular flexibility index (Phi) is 7.61. The fourth-order valence-corrected chi connectivity index (χ4v) is 6.32. The van der Waals surface area contributed by atoms with Gasteiger partial charge >= 0.3 is 6.09 Å². The molecular formula is C31H34N6O6. The molecule has 0 aliphatic carbocycles. The summed E-state index contributed by atoms with van der Waals surface area (Å²) >= 11 is 0. The number of ether oxygens (including phenoxy) is 1. The molecule has 0 bridgehead atoms. The molecule has 2 aliphatic heterocycles. The third-order valence-corrected chi connectivity index (χ3v) is 8.73. The lowest BCUT2D eigenvalue weighted by atomic mass is 9.79. The summed E-state index contributed by atoms with van der Waals surface area (Å²) in [6, 6.07) is 16.6. The van der Waals surface area contributed by atoms with E-state index in [-0.39, 0.29) is 36.4 Å². The third kappa shape index (κ3) is 5.57. The Bertz CT molecular complexity index is 1690. The average Bonchev–Trinajstić information content (AvgIpc) is 3.47. The summed E-state index contributed by atoms with van der Waals surface area (Å²) in [7, 11) is 1.54. The second-order valence-electron chi connectivity index (χ2n) is 11.3. The van der Waals surface area contributed by atoms with Crippen molar-refractivity contribution in [1.29, 1.82) is 0 Å². The van der Waals surface area contributed by atoms with Gasteiger partial charge in [-0.1, -0.05) is 36.4 Å². The number of hydrogen-bond acceptors (Lipinski definition) is 7. The number of carboxylic acid groups (broad SMARTS) is 1. The van der Waals surface area contributed by atoms with E-state index >= 15 is 0 Å². The fraction of sp³-hybridized carbons (Fsp3) is 0.387. The monoisotopic (exact) mass is 586 g/mol. The summed E-state index contributed by atoms with van der Waals surface area (Å²) in [5.74, 6) is 0.407. The van der Waals surface area contributed by atoms with Gasteiger partial charge in [0.2, 0.25) is 11.8 Å². The topological polar surface area (TPSA) is 143 Å². The van der Waals surface area contributed by atoms with Crippen molar-refractivity contribution in [2.45, 2.75) is 37.3 Å². The number of piperidine rings is 2. The van der Waals surface area contributed by atoms with Crippen LogP contribution < -0.4 is 10.3 Å². The summed E-state index contributed by atoms with van der Waals surface area (Å²) in [6.07, 6.45) is 3.25. The number of fused-ring (bicyclic) bond motifs is 1. The SMILES string of the molecule is COc1cccc(-n2ccc3c(=O)n(CC4(O)CCN(C(=O)[C@@H]5CCN(C(=O)O)C[C@H]5c5ccccc5)CC4)cnc32)n1. The van der Waals surface area contributed by atoms with Crippen LogP contribution in [-0.2, 0) is 11.3 Å². The highest BCUT2D eigenvalue weighted by atomic mass is 16.5. The van der Waals surface area contributed by atoms with Crippen LogP contribution in [-0.4, -0.2) is 90.0 Å². The van der Waals surface area contributed by atoms with Crippen molar-refractivity contribution in [2.75, 3.05) is 33.3 Å². The van der Waals surface area contributed by atoms with Gasteiger partial charge in [0.25, 0.3) is 5.56 Å². The van der Waals surface area contributed by atoms with Crippen molar-refractivity contribution in [2.24, 2.45) is 5.92 Å². The number of carbonyl (C=O) groups excluding carboxylic acids is 1. The Morgan fingerprint density at radius 1 is 1.02 bits per heavy atom. The number of benzene rings is 1. The minimum atomic E-state index is -1.18. The summed E-state index contributed by atoms with van der Waals surface area (Å²) in [4.78, 5) is 50.9. The second-order valence-corrected chi connectivity index (χ2v) is 11.3. The van der Waals surface area contributed by atoms with Crippen LogP contribution in [0.25, 0.3) is 16.9 Å². The minimum Gasteiger partial charge on any atom is -0.481 e.